The standard InChI is InChI=1S/C2H4N2S/c3-1-2(4)5-1/h3-4H2. The molecule has 0 amide bonds. The first-order valence-corrected chi connectivity index (χ1v) is 2.05. The van der Waals surface area contributed by atoms with Gasteiger partial charge in [-0.2, -0.15) is 0 Å². The van der Waals surface area contributed by atoms with E-state index < -0.39 is 0 Å². The van der Waals surface area contributed by atoms with Crippen molar-refractivity contribution >= 4 is 11.8 Å². The first-order chi connectivity index (χ1) is 2.30. The fourth-order valence-electron chi connectivity index (χ4n) is 0.0929. The van der Waals surface area contributed by atoms with Gasteiger partial charge in [0, 0.05) is 0 Å². The van der Waals surface area contributed by atoms with Crippen molar-refractivity contribution < 1.29 is 0 Å². The predicted octanol–water partition coefficient (Wildman–Crippen LogP) is -0.223. The van der Waals surface area contributed by atoms with E-state index in [1.807, 2.05) is 0 Å². The summed E-state index contributed by atoms with van der Waals surface area (Å²) in [6, 6.07) is 0. The highest BCUT2D eigenvalue weighted by Crippen LogP contribution is 2.34. The van der Waals surface area contributed by atoms with Crippen LogP contribution in [-0.4, -0.2) is 0 Å². The van der Waals surface area contributed by atoms with Crippen LogP contribution in [0.25, 0.3) is 0 Å². The van der Waals surface area contributed by atoms with Gasteiger partial charge in [0.15, 0.2) is 0 Å². The minimum atomic E-state index is 0.782. The van der Waals surface area contributed by atoms with Crippen LogP contribution in [-0.2, 0) is 0 Å². The summed E-state index contributed by atoms with van der Waals surface area (Å²) < 4.78 is 0. The van der Waals surface area contributed by atoms with Crippen LogP contribution in [0.5, 0.6) is 0 Å². The van der Waals surface area contributed by atoms with Gasteiger partial charge in [-0.1, -0.05) is 0 Å². The van der Waals surface area contributed by atoms with Crippen molar-refractivity contribution in [2.75, 3.05) is 0 Å². The van der Waals surface area contributed by atoms with Gasteiger partial charge < -0.3 is 11.5 Å². The topological polar surface area (TPSA) is 52.0 Å². The molecule has 0 atom stereocenters. The lowest BCUT2D eigenvalue weighted by Crippen LogP contribution is -1.81. The number of hydrogen-bond donors (Lipinski definition) is 2. The lowest BCUT2D eigenvalue weighted by atomic mass is 11.0. The van der Waals surface area contributed by atoms with Gasteiger partial charge in [0.2, 0.25) is 0 Å². The molecule has 0 aromatic rings. The molecule has 4 N–H and O–H groups in total. The highest BCUT2D eigenvalue weighted by Gasteiger charge is 2.13. The van der Waals surface area contributed by atoms with Gasteiger partial charge in [-0.3, -0.25) is 0 Å². The second kappa shape index (κ2) is 0.597. The van der Waals surface area contributed by atoms with Crippen molar-refractivity contribution in [1.82, 2.24) is 0 Å². The lowest BCUT2D eigenvalue weighted by Gasteiger charge is -1.50. The van der Waals surface area contributed by atoms with Gasteiger partial charge in [0.1, 0.15) is 10.1 Å². The lowest BCUT2D eigenvalue weighted by molar-refractivity contribution is 1.50. The molecule has 2 nitrogen and oxygen atoms in total. The minimum Gasteiger partial charge on any atom is -0.391 e. The van der Waals surface area contributed by atoms with Crippen LogP contribution in [0.4, 0.5) is 0 Å². The third-order valence-electron chi connectivity index (χ3n) is 0.421. The summed E-state index contributed by atoms with van der Waals surface area (Å²) in [4.78, 5) is 0. The molecular formula is C2H4N2S. The van der Waals surface area contributed by atoms with Crippen LogP contribution in [0.2, 0.25) is 0 Å². The van der Waals surface area contributed by atoms with E-state index in [1.165, 1.54) is 11.8 Å². The summed E-state index contributed by atoms with van der Waals surface area (Å²) in [5.41, 5.74) is 10.2. The van der Waals surface area contributed by atoms with Crippen molar-refractivity contribution in [3.63, 3.8) is 0 Å². The van der Waals surface area contributed by atoms with Crippen LogP contribution < -0.4 is 11.5 Å². The number of thioether (sulfide) groups is 1. The Morgan fingerprint density at radius 2 is 1.40 bits per heavy atom. The average molecular weight is 88.1 g/mol. The summed E-state index contributed by atoms with van der Waals surface area (Å²) >= 11 is 1.44. The molecule has 0 aromatic heterocycles. The molecular weight excluding hydrogens is 84.1 g/mol. The zero-order valence-electron chi connectivity index (χ0n) is 2.56. The van der Waals surface area contributed by atoms with Gasteiger partial charge >= 0.3 is 0 Å². The van der Waals surface area contributed by atoms with Gasteiger partial charge in [-0.25, -0.2) is 0 Å². The second-order valence-electron chi connectivity index (χ2n) is 0.831. The predicted molar refractivity (Wildman–Crippen MR) is 23.0 cm³/mol. The molecule has 1 aliphatic heterocycles. The Balaban J connectivity index is 2.59. The molecule has 0 saturated heterocycles. The van der Waals surface area contributed by atoms with E-state index in [2.05, 4.69) is 0 Å². The Labute approximate surface area is 34.2 Å². The largest absolute Gasteiger partial charge is 0.391 e. The molecule has 1 rings (SSSR count). The van der Waals surface area contributed by atoms with Crippen LogP contribution in [0.3, 0.4) is 0 Å². The molecule has 0 aromatic carbocycles. The highest BCUT2D eigenvalue weighted by molar-refractivity contribution is 8.13. The first-order valence-electron chi connectivity index (χ1n) is 1.24. The van der Waals surface area contributed by atoms with Crippen molar-refractivity contribution in [1.29, 1.82) is 0 Å². The van der Waals surface area contributed by atoms with Gasteiger partial charge in [-0.05, 0) is 11.8 Å². The summed E-state index contributed by atoms with van der Waals surface area (Å²) in [7, 11) is 0. The van der Waals surface area contributed by atoms with E-state index in [9.17, 15) is 0 Å². The van der Waals surface area contributed by atoms with Crippen LogP contribution in [0.15, 0.2) is 10.1 Å². The molecule has 0 unspecified atom stereocenters. The quantitative estimate of drug-likeness (QED) is 0.430. The Morgan fingerprint density at radius 1 is 1.20 bits per heavy atom. The molecule has 0 bridgehead atoms. The molecule has 1 aliphatic rings. The summed E-state index contributed by atoms with van der Waals surface area (Å²) in [5, 5.41) is 1.56. The fraction of sp³-hybridized carbons (Fsp3) is 0. The first kappa shape index (κ1) is 2.90. The molecule has 28 valence electrons. The smallest absolute Gasteiger partial charge is 0.102 e. The van der Waals surface area contributed by atoms with Gasteiger partial charge in [0.05, 0.1) is 0 Å². The van der Waals surface area contributed by atoms with E-state index in [1.54, 1.807) is 0 Å². The number of hydrogen-bond acceptors (Lipinski definition) is 3. The second-order valence-corrected chi connectivity index (χ2v) is 1.91. The van der Waals surface area contributed by atoms with E-state index in [4.69, 9.17) is 11.5 Å². The Kier molecular flexibility index (Phi) is 0.346. The molecule has 0 saturated carbocycles. The van der Waals surface area contributed by atoms with E-state index in [0.29, 0.717) is 0 Å². The monoisotopic (exact) mass is 88.0 g/mol. The van der Waals surface area contributed by atoms with Crippen LogP contribution in [0.1, 0.15) is 0 Å². The van der Waals surface area contributed by atoms with Crippen molar-refractivity contribution in [2.45, 2.75) is 0 Å². The normalized spacial score (nSPS) is 20.0. The third kappa shape index (κ3) is 0.326. The molecule has 0 fully saturated rings. The Hall–Kier alpha value is -0.310. The molecule has 0 spiro atoms. The number of rotatable bonds is 0. The molecule has 0 radical (unpaired) electrons. The average Bonchev–Trinajstić information content (AvgIpc) is 1.79. The van der Waals surface area contributed by atoms with Crippen molar-refractivity contribution in [3.05, 3.63) is 10.1 Å². The van der Waals surface area contributed by atoms with E-state index in [-0.39, 0.29) is 0 Å². The third-order valence-corrected chi connectivity index (χ3v) is 1.10. The minimum absolute atomic E-state index is 0.782. The maximum absolute atomic E-state index is 5.08. The molecule has 0 aliphatic carbocycles. The van der Waals surface area contributed by atoms with E-state index >= 15 is 0 Å². The fourth-order valence-corrected chi connectivity index (χ4v) is 0.279. The summed E-state index contributed by atoms with van der Waals surface area (Å²) in [5.74, 6) is 0. The SMILES string of the molecule is NC1=C(N)S1. The summed E-state index contributed by atoms with van der Waals surface area (Å²) in [6.07, 6.45) is 0. The number of nitrogens with two attached hydrogens (primary N) is 2. The Bertz CT molecular complexity index is 75.6. The maximum Gasteiger partial charge on any atom is 0.102 e. The van der Waals surface area contributed by atoms with Crippen LogP contribution >= 0.6 is 11.8 Å². The van der Waals surface area contributed by atoms with Gasteiger partial charge in [-0.15, -0.1) is 0 Å². The molecule has 3 heteroatoms. The Morgan fingerprint density at radius 3 is 1.40 bits per heavy atom. The van der Waals surface area contributed by atoms with Crippen LogP contribution in [0, 0.1) is 0 Å². The zero-order valence-corrected chi connectivity index (χ0v) is 3.38. The molecule has 5 heavy (non-hydrogen) atoms. The zero-order chi connectivity index (χ0) is 3.86. The van der Waals surface area contributed by atoms with E-state index in [0.717, 1.165) is 10.1 Å². The van der Waals surface area contributed by atoms with Crippen molar-refractivity contribution in [3.8, 4) is 0 Å². The molecule has 1 heterocycles. The maximum atomic E-state index is 5.08. The van der Waals surface area contributed by atoms with Crippen molar-refractivity contribution in [2.24, 2.45) is 11.5 Å². The van der Waals surface area contributed by atoms with Gasteiger partial charge in [0.25, 0.3) is 0 Å². The highest BCUT2D eigenvalue weighted by atomic mass is 32.2. The summed E-state index contributed by atoms with van der Waals surface area (Å²) in [6.45, 7) is 0.